The standard InChI is InChI=1S/C75H46N2/c1-2-18-47(19-3-1)73-59-25-4-6-27-61(59)74(62-28-7-5-26-60(62)73)48-34-38-51(39-35-48)76-69-32-16-11-23-57(69)63-44-49(36-42-71(63)76)50-37-43-72-64(45-50)58-24-12-17-33-70(58)77(72)52-40-41-56-55-22-10-15-31-67(55)75(68(56)46-52)65-29-13-8-20-53(65)54-21-9-14-30-66(54)75/h1-46H. The van der Waals surface area contributed by atoms with E-state index in [1.54, 1.807) is 0 Å². The van der Waals surface area contributed by atoms with Gasteiger partial charge in [-0.2, -0.15) is 0 Å². The summed E-state index contributed by atoms with van der Waals surface area (Å²) in [7, 11) is 0. The molecule has 0 N–H and O–H groups in total. The minimum absolute atomic E-state index is 0.410. The Kier molecular flexibility index (Phi) is 8.80. The summed E-state index contributed by atoms with van der Waals surface area (Å²) in [5.41, 5.74) is 24.7. The molecule has 77 heavy (non-hydrogen) atoms. The molecule has 2 heteroatoms. The molecule has 2 aliphatic carbocycles. The Morgan fingerprint density at radius 1 is 0.208 bits per heavy atom. The molecule has 2 aromatic heterocycles. The van der Waals surface area contributed by atoms with Gasteiger partial charge in [0, 0.05) is 32.9 Å². The van der Waals surface area contributed by atoms with Gasteiger partial charge < -0.3 is 9.13 Å². The van der Waals surface area contributed by atoms with Gasteiger partial charge in [-0.05, 0) is 160 Å². The predicted octanol–water partition coefficient (Wildman–Crippen LogP) is 19.5. The van der Waals surface area contributed by atoms with E-state index in [0.717, 1.165) is 5.69 Å². The lowest BCUT2D eigenvalue weighted by molar-refractivity contribution is 0.792. The van der Waals surface area contributed by atoms with Crippen molar-refractivity contribution >= 4 is 65.2 Å². The van der Waals surface area contributed by atoms with Gasteiger partial charge in [-0.15, -0.1) is 0 Å². The van der Waals surface area contributed by atoms with Crippen molar-refractivity contribution in [2.45, 2.75) is 5.41 Å². The fraction of sp³-hybridized carbons (Fsp3) is 0.0133. The number of nitrogens with zero attached hydrogens (tertiary/aromatic N) is 2. The van der Waals surface area contributed by atoms with Gasteiger partial charge in [-0.3, -0.25) is 0 Å². The molecule has 356 valence electrons. The molecule has 2 heterocycles. The Morgan fingerprint density at radius 3 is 1.05 bits per heavy atom. The van der Waals surface area contributed by atoms with Crippen molar-refractivity contribution in [1.29, 1.82) is 0 Å². The van der Waals surface area contributed by atoms with Crippen LogP contribution in [0.1, 0.15) is 22.3 Å². The lowest BCUT2D eigenvalue weighted by Crippen LogP contribution is -2.26. The van der Waals surface area contributed by atoms with Gasteiger partial charge in [-0.1, -0.05) is 218 Å². The summed E-state index contributed by atoms with van der Waals surface area (Å²) in [6.45, 7) is 0. The van der Waals surface area contributed by atoms with Gasteiger partial charge in [0.25, 0.3) is 0 Å². The minimum atomic E-state index is -0.410. The molecule has 15 aromatic rings. The number of hydrogen-bond donors (Lipinski definition) is 0. The molecule has 0 fully saturated rings. The average Bonchev–Trinajstić information content (AvgIpc) is 4.27. The fourth-order valence-electron chi connectivity index (χ4n) is 14.2. The molecule has 0 amide bonds. The molecule has 0 unspecified atom stereocenters. The Morgan fingerprint density at radius 2 is 0.558 bits per heavy atom. The van der Waals surface area contributed by atoms with Crippen molar-refractivity contribution < 1.29 is 0 Å². The largest absolute Gasteiger partial charge is 0.309 e. The second-order valence-corrected chi connectivity index (χ2v) is 21.0. The van der Waals surface area contributed by atoms with Crippen LogP contribution >= 0.6 is 0 Å². The zero-order valence-corrected chi connectivity index (χ0v) is 42.0. The summed E-state index contributed by atoms with van der Waals surface area (Å²) in [4.78, 5) is 0. The lowest BCUT2D eigenvalue weighted by atomic mass is 9.70. The molecule has 0 aliphatic heterocycles. The topological polar surface area (TPSA) is 9.86 Å². The Labute approximate surface area is 445 Å². The molecule has 2 nitrogen and oxygen atoms in total. The molecule has 1 spiro atoms. The molecule has 0 atom stereocenters. The number of para-hydroxylation sites is 2. The molecular formula is C75H46N2. The molecule has 0 saturated heterocycles. The monoisotopic (exact) mass is 974 g/mol. The Hall–Kier alpha value is -10.0. The van der Waals surface area contributed by atoms with Crippen LogP contribution in [0.15, 0.2) is 279 Å². The number of fused-ring (bicyclic) bond motifs is 18. The van der Waals surface area contributed by atoms with Crippen LogP contribution in [0.25, 0.3) is 132 Å². The highest BCUT2D eigenvalue weighted by Gasteiger charge is 2.51. The minimum Gasteiger partial charge on any atom is -0.309 e. The number of benzene rings is 13. The first kappa shape index (κ1) is 42.3. The SMILES string of the molecule is c1ccc(-c2c3ccccc3c(-c3ccc(-n4c5ccccc5c5cc(-c6ccc7c(c6)c6ccccc6n7-c6ccc7c(c6)C6(c8ccccc8-c8ccccc86)c6ccccc6-7)ccc54)cc3)c3ccccc23)cc1. The summed E-state index contributed by atoms with van der Waals surface area (Å²) < 4.78 is 4.93. The van der Waals surface area contributed by atoms with Gasteiger partial charge in [0.05, 0.1) is 27.5 Å². The second-order valence-electron chi connectivity index (χ2n) is 21.0. The second kappa shape index (κ2) is 16.0. The molecule has 0 radical (unpaired) electrons. The van der Waals surface area contributed by atoms with E-state index in [9.17, 15) is 0 Å². The zero-order chi connectivity index (χ0) is 50.3. The van der Waals surface area contributed by atoms with Crippen molar-refractivity contribution in [1.82, 2.24) is 9.13 Å². The van der Waals surface area contributed by atoms with Crippen molar-refractivity contribution in [2.24, 2.45) is 0 Å². The average molecular weight is 975 g/mol. The molecule has 0 bridgehead atoms. The summed E-state index contributed by atoms with van der Waals surface area (Å²) in [5.74, 6) is 0. The third-order valence-corrected chi connectivity index (χ3v) is 17.3. The highest BCUT2D eigenvalue weighted by molar-refractivity contribution is 6.21. The van der Waals surface area contributed by atoms with Crippen LogP contribution in [0.5, 0.6) is 0 Å². The van der Waals surface area contributed by atoms with E-state index in [0.29, 0.717) is 0 Å². The van der Waals surface area contributed by atoms with Crippen LogP contribution in [0.2, 0.25) is 0 Å². The van der Waals surface area contributed by atoms with Gasteiger partial charge >= 0.3 is 0 Å². The first-order chi connectivity index (χ1) is 38.2. The number of hydrogen-bond acceptors (Lipinski definition) is 0. The maximum absolute atomic E-state index is 2.50. The van der Waals surface area contributed by atoms with Crippen molar-refractivity contribution in [2.75, 3.05) is 0 Å². The normalized spacial score (nSPS) is 13.0. The van der Waals surface area contributed by atoms with Crippen LogP contribution < -0.4 is 0 Å². The fourth-order valence-corrected chi connectivity index (χ4v) is 14.2. The maximum Gasteiger partial charge on any atom is 0.0726 e. The van der Waals surface area contributed by atoms with Crippen LogP contribution in [0.3, 0.4) is 0 Å². The van der Waals surface area contributed by atoms with Crippen LogP contribution in [-0.2, 0) is 5.41 Å². The number of rotatable bonds is 5. The molecule has 2 aliphatic rings. The smallest absolute Gasteiger partial charge is 0.0726 e. The van der Waals surface area contributed by atoms with Crippen molar-refractivity contribution in [3.05, 3.63) is 301 Å². The molecule has 17 rings (SSSR count). The zero-order valence-electron chi connectivity index (χ0n) is 42.0. The summed E-state index contributed by atoms with van der Waals surface area (Å²) in [6.07, 6.45) is 0. The maximum atomic E-state index is 2.50. The first-order valence-corrected chi connectivity index (χ1v) is 26.8. The van der Waals surface area contributed by atoms with Crippen molar-refractivity contribution in [3.8, 4) is 67.0 Å². The van der Waals surface area contributed by atoms with Gasteiger partial charge in [0.1, 0.15) is 0 Å². The van der Waals surface area contributed by atoms with E-state index in [-0.39, 0.29) is 0 Å². The molecular weight excluding hydrogens is 929 g/mol. The molecule has 0 saturated carbocycles. The summed E-state index contributed by atoms with van der Waals surface area (Å²) >= 11 is 0. The van der Waals surface area contributed by atoms with Crippen LogP contribution in [0.4, 0.5) is 0 Å². The third kappa shape index (κ3) is 5.79. The van der Waals surface area contributed by atoms with Gasteiger partial charge in [-0.25, -0.2) is 0 Å². The van der Waals surface area contributed by atoms with E-state index in [1.165, 1.54) is 149 Å². The summed E-state index contributed by atoms with van der Waals surface area (Å²) in [6, 6.07) is 104. The van der Waals surface area contributed by atoms with Gasteiger partial charge in [0.2, 0.25) is 0 Å². The third-order valence-electron chi connectivity index (χ3n) is 17.3. The van der Waals surface area contributed by atoms with Gasteiger partial charge in [0.15, 0.2) is 0 Å². The lowest BCUT2D eigenvalue weighted by Gasteiger charge is -2.30. The predicted molar refractivity (Wildman–Crippen MR) is 323 cm³/mol. The molecule has 13 aromatic carbocycles. The first-order valence-electron chi connectivity index (χ1n) is 26.8. The van der Waals surface area contributed by atoms with Crippen molar-refractivity contribution in [3.63, 3.8) is 0 Å². The van der Waals surface area contributed by atoms with E-state index in [2.05, 4.69) is 288 Å². The number of aromatic nitrogens is 2. The van der Waals surface area contributed by atoms with Crippen LogP contribution in [0, 0.1) is 0 Å². The van der Waals surface area contributed by atoms with Crippen LogP contribution in [-0.4, -0.2) is 9.13 Å². The highest BCUT2D eigenvalue weighted by Crippen LogP contribution is 2.63. The summed E-state index contributed by atoms with van der Waals surface area (Å²) in [5, 5.41) is 10.0. The Bertz CT molecular complexity index is 4850. The highest BCUT2D eigenvalue weighted by atomic mass is 15.0. The van der Waals surface area contributed by atoms with E-state index < -0.39 is 5.41 Å². The Balaban J connectivity index is 0.785. The van der Waals surface area contributed by atoms with E-state index >= 15 is 0 Å². The van der Waals surface area contributed by atoms with E-state index in [4.69, 9.17) is 0 Å². The van der Waals surface area contributed by atoms with E-state index in [1.807, 2.05) is 0 Å². The quantitative estimate of drug-likeness (QED) is 0.152.